The van der Waals surface area contributed by atoms with Crippen LogP contribution in [0, 0.1) is 11.6 Å². The monoisotopic (exact) mass is 316 g/mol. The predicted molar refractivity (Wildman–Crippen MR) is 64.0 cm³/mol. The van der Waals surface area contributed by atoms with Crippen molar-refractivity contribution in [3.05, 3.63) is 29.6 Å². The first-order chi connectivity index (χ1) is 8.95. The predicted octanol–water partition coefficient (Wildman–Crippen LogP) is 2.80. The van der Waals surface area contributed by atoms with Gasteiger partial charge in [-0.25, -0.2) is 13.0 Å². The summed E-state index contributed by atoms with van der Waals surface area (Å²) in [4.78, 5) is 3.18. The molecule has 0 aliphatic heterocycles. The highest BCUT2D eigenvalue weighted by Gasteiger charge is 2.46. The summed E-state index contributed by atoms with van der Waals surface area (Å²) in [6.45, 7) is 2.53. The molecule has 1 heterocycles. The summed E-state index contributed by atoms with van der Waals surface area (Å²) in [5.41, 5.74) is -0.933. The van der Waals surface area contributed by atoms with E-state index >= 15 is 0 Å². The zero-order valence-electron chi connectivity index (χ0n) is 10.7. The highest BCUT2D eigenvalue weighted by molar-refractivity contribution is 7.84. The summed E-state index contributed by atoms with van der Waals surface area (Å²) in [7, 11) is -2.04. The van der Waals surface area contributed by atoms with Crippen LogP contribution in [0.3, 0.4) is 0 Å². The van der Waals surface area contributed by atoms with Crippen LogP contribution >= 0.6 is 0 Å². The Hall–Kier alpha value is -1.09. The van der Waals surface area contributed by atoms with E-state index in [-0.39, 0.29) is 0 Å². The Bertz CT molecular complexity index is 518. The number of alkyl halides is 3. The molecule has 1 aromatic rings. The molecule has 3 nitrogen and oxygen atoms in total. The lowest BCUT2D eigenvalue weighted by Gasteiger charge is -2.28. The summed E-state index contributed by atoms with van der Waals surface area (Å²) in [6.07, 6.45) is -5.04. The maximum atomic E-state index is 13.5. The molecule has 0 saturated carbocycles. The number of nitrogens with two attached hydrogens (primary N) is 1. The Kier molecular flexibility index (Phi) is 4.86. The van der Waals surface area contributed by atoms with Gasteiger partial charge in [-0.05, 0) is 20.3 Å². The molecule has 9 heteroatoms. The van der Waals surface area contributed by atoms with Gasteiger partial charge in [-0.3, -0.25) is 10.1 Å². The molecular formula is C11H13F5N2OS. The van der Waals surface area contributed by atoms with Crippen molar-refractivity contribution in [1.29, 1.82) is 0 Å². The van der Waals surface area contributed by atoms with Crippen LogP contribution in [-0.4, -0.2) is 20.1 Å². The van der Waals surface area contributed by atoms with Crippen LogP contribution in [0.5, 0.6) is 0 Å². The third-order valence-corrected chi connectivity index (χ3v) is 4.06. The minimum Gasteiger partial charge on any atom is -0.255 e. The van der Waals surface area contributed by atoms with Gasteiger partial charge in [0.15, 0.2) is 0 Å². The van der Waals surface area contributed by atoms with Gasteiger partial charge in [0.25, 0.3) is 0 Å². The number of pyridine rings is 1. The molecular weight excluding hydrogens is 303 g/mol. The van der Waals surface area contributed by atoms with Crippen molar-refractivity contribution in [3.8, 4) is 0 Å². The first-order valence-electron chi connectivity index (χ1n) is 5.49. The molecule has 2 N–H and O–H groups in total. The largest absolute Gasteiger partial charge is 0.397 e. The van der Waals surface area contributed by atoms with E-state index in [4.69, 9.17) is 5.14 Å². The SMILES string of the molecule is CC(C)(C[C@H](c1ncc(F)cc1F)C(F)(F)F)S(N)=O. The van der Waals surface area contributed by atoms with Gasteiger partial charge in [0.2, 0.25) is 0 Å². The average Bonchev–Trinajstić information content (AvgIpc) is 2.25. The van der Waals surface area contributed by atoms with Crippen LogP contribution < -0.4 is 5.14 Å². The Morgan fingerprint density at radius 2 is 1.90 bits per heavy atom. The van der Waals surface area contributed by atoms with Crippen LogP contribution in [0.2, 0.25) is 0 Å². The van der Waals surface area contributed by atoms with Crippen LogP contribution in [0.25, 0.3) is 0 Å². The smallest absolute Gasteiger partial charge is 0.255 e. The van der Waals surface area contributed by atoms with E-state index in [2.05, 4.69) is 4.98 Å². The first-order valence-corrected chi connectivity index (χ1v) is 6.70. The van der Waals surface area contributed by atoms with Crippen molar-refractivity contribution in [2.45, 2.75) is 37.1 Å². The standard InChI is InChI=1S/C11H13F5N2OS/c1-10(2,20(17)19)4-7(11(14,15)16)9-8(13)3-6(12)5-18-9/h3,5,7H,4,17H2,1-2H3/t7-,20?/m1/s1. The van der Waals surface area contributed by atoms with Crippen LogP contribution in [0.1, 0.15) is 31.9 Å². The number of rotatable bonds is 4. The quantitative estimate of drug-likeness (QED) is 0.869. The molecule has 0 aliphatic carbocycles. The zero-order valence-corrected chi connectivity index (χ0v) is 11.5. The maximum absolute atomic E-state index is 13.5. The fourth-order valence-corrected chi connectivity index (χ4v) is 1.95. The maximum Gasteiger partial charge on any atom is 0.397 e. The van der Waals surface area contributed by atoms with Gasteiger partial charge in [-0.2, -0.15) is 13.2 Å². The normalized spacial score (nSPS) is 16.0. The van der Waals surface area contributed by atoms with Gasteiger partial charge < -0.3 is 0 Å². The molecule has 0 bridgehead atoms. The Labute approximate surface area is 115 Å². The van der Waals surface area contributed by atoms with E-state index in [0.29, 0.717) is 12.3 Å². The van der Waals surface area contributed by atoms with Crippen LogP contribution in [-0.2, 0) is 11.0 Å². The van der Waals surface area contributed by atoms with Crippen molar-refractivity contribution >= 4 is 11.0 Å². The van der Waals surface area contributed by atoms with E-state index in [1.165, 1.54) is 13.8 Å². The number of hydrogen-bond acceptors (Lipinski definition) is 2. The average molecular weight is 316 g/mol. The Morgan fingerprint density at radius 1 is 1.35 bits per heavy atom. The minimum absolute atomic E-state index is 0.327. The van der Waals surface area contributed by atoms with Gasteiger partial charge in [-0.15, -0.1) is 0 Å². The molecule has 20 heavy (non-hydrogen) atoms. The molecule has 1 aromatic heterocycles. The fraction of sp³-hybridized carbons (Fsp3) is 0.545. The third kappa shape index (κ3) is 3.95. The number of aromatic nitrogens is 1. The molecule has 0 aromatic carbocycles. The van der Waals surface area contributed by atoms with E-state index in [0.717, 1.165) is 0 Å². The van der Waals surface area contributed by atoms with Crippen molar-refractivity contribution in [2.24, 2.45) is 5.14 Å². The molecule has 114 valence electrons. The number of halogens is 5. The van der Waals surface area contributed by atoms with E-state index < -0.39 is 51.6 Å². The molecule has 2 atom stereocenters. The van der Waals surface area contributed by atoms with Gasteiger partial charge in [-0.1, -0.05) is 0 Å². The zero-order chi connectivity index (χ0) is 15.7. The molecule has 0 radical (unpaired) electrons. The van der Waals surface area contributed by atoms with Crippen molar-refractivity contribution < 1.29 is 26.2 Å². The van der Waals surface area contributed by atoms with E-state index in [9.17, 15) is 26.2 Å². The highest BCUT2D eigenvalue weighted by atomic mass is 32.2. The lowest BCUT2D eigenvalue weighted by Crippen LogP contribution is -2.37. The van der Waals surface area contributed by atoms with Crippen molar-refractivity contribution in [1.82, 2.24) is 4.98 Å². The third-order valence-electron chi connectivity index (χ3n) is 2.80. The molecule has 1 unspecified atom stereocenters. The molecule has 1 rings (SSSR count). The second-order valence-electron chi connectivity index (χ2n) is 4.88. The second-order valence-corrected chi connectivity index (χ2v) is 6.58. The summed E-state index contributed by atoms with van der Waals surface area (Å²) in [6, 6.07) is 0.327. The number of nitrogens with zero attached hydrogens (tertiary/aromatic N) is 1. The highest BCUT2D eigenvalue weighted by Crippen LogP contribution is 2.41. The first kappa shape index (κ1) is 17.0. The summed E-state index contributed by atoms with van der Waals surface area (Å²) in [5, 5.41) is 5.13. The summed E-state index contributed by atoms with van der Waals surface area (Å²) < 4.78 is 75.2. The molecule has 0 spiro atoms. The van der Waals surface area contributed by atoms with Crippen LogP contribution in [0.4, 0.5) is 22.0 Å². The van der Waals surface area contributed by atoms with E-state index in [1.807, 2.05) is 0 Å². The lowest BCUT2D eigenvalue weighted by atomic mass is 9.92. The molecule has 0 amide bonds. The van der Waals surface area contributed by atoms with Crippen molar-refractivity contribution in [3.63, 3.8) is 0 Å². The summed E-state index contributed by atoms with van der Waals surface area (Å²) in [5.74, 6) is -4.79. The van der Waals surface area contributed by atoms with E-state index in [1.54, 1.807) is 0 Å². The van der Waals surface area contributed by atoms with Gasteiger partial charge in [0.05, 0.1) is 27.6 Å². The Balaban J connectivity index is 3.24. The van der Waals surface area contributed by atoms with Crippen molar-refractivity contribution in [2.75, 3.05) is 0 Å². The molecule has 0 fully saturated rings. The Morgan fingerprint density at radius 3 is 2.30 bits per heavy atom. The number of hydrogen-bond donors (Lipinski definition) is 1. The van der Waals surface area contributed by atoms with Crippen LogP contribution in [0.15, 0.2) is 12.3 Å². The second kappa shape index (κ2) is 5.72. The fourth-order valence-electron chi connectivity index (χ4n) is 1.62. The van der Waals surface area contributed by atoms with Gasteiger partial charge >= 0.3 is 6.18 Å². The summed E-state index contributed by atoms with van der Waals surface area (Å²) >= 11 is 0. The lowest BCUT2D eigenvalue weighted by molar-refractivity contribution is -0.154. The molecule has 0 aliphatic rings. The van der Waals surface area contributed by atoms with Gasteiger partial charge in [0.1, 0.15) is 17.6 Å². The minimum atomic E-state index is -4.82. The van der Waals surface area contributed by atoms with Gasteiger partial charge in [0, 0.05) is 6.07 Å². The molecule has 0 saturated heterocycles. The topological polar surface area (TPSA) is 56.0 Å².